The molecule has 0 aromatic carbocycles. The molecule has 3 amide bonds. The Morgan fingerprint density at radius 2 is 0.846 bits per heavy atom. The Hall–Kier alpha value is 0.713. The van der Waals surface area contributed by atoms with Crippen molar-refractivity contribution in [2.24, 2.45) is 33.5 Å². The van der Waals surface area contributed by atoms with Gasteiger partial charge in [0.05, 0.1) is 1.37 Å². The molecule has 0 aliphatic rings. The van der Waals surface area contributed by atoms with Crippen LogP contribution in [-0.4, -0.2) is 42.3 Å². The van der Waals surface area contributed by atoms with Crippen LogP contribution in [0, 0.1) is 33.5 Å². The van der Waals surface area contributed by atoms with Crippen molar-refractivity contribution in [3.63, 3.8) is 0 Å². The molecule has 0 saturated carbocycles. The predicted octanol–water partition coefficient (Wildman–Crippen LogP) is 3.17. The quantitative estimate of drug-likeness (QED) is 0.367. The van der Waals surface area contributed by atoms with Gasteiger partial charge in [0.2, 0.25) is 12.2 Å². The molecule has 0 heterocycles. The summed E-state index contributed by atoms with van der Waals surface area (Å²) >= 11 is 0. The van der Waals surface area contributed by atoms with Crippen LogP contribution >= 0.6 is 0 Å². The van der Waals surface area contributed by atoms with Gasteiger partial charge in [-0.1, -0.05) is 96.9 Å². The van der Waals surface area contributed by atoms with Crippen molar-refractivity contribution in [3.05, 3.63) is 23.4 Å². The van der Waals surface area contributed by atoms with E-state index in [2.05, 4.69) is 55.4 Å². The molecule has 4 atom stereocenters. The Morgan fingerprint density at radius 1 is 0.692 bits per heavy atom. The Bertz CT molecular complexity index is 680. The number of amides is 3. The zero-order valence-electron chi connectivity index (χ0n) is 29.3. The van der Waals surface area contributed by atoms with E-state index in [1.54, 1.807) is 0 Å². The van der Waals surface area contributed by atoms with Gasteiger partial charge in [-0.2, -0.15) is 0 Å². The first-order valence-electron chi connectivity index (χ1n) is 12.6. The van der Waals surface area contributed by atoms with Crippen LogP contribution in [-0.2, 0) is 19.1 Å². The summed E-state index contributed by atoms with van der Waals surface area (Å²) in [6, 6.07) is 0. The van der Waals surface area contributed by atoms with Crippen molar-refractivity contribution in [3.8, 4) is 0 Å². The first-order chi connectivity index (χ1) is 16.4. The molecule has 0 radical (unpaired) electrons. The van der Waals surface area contributed by atoms with Gasteiger partial charge in [-0.25, -0.2) is 0 Å². The van der Waals surface area contributed by atoms with E-state index in [1.165, 1.54) is 0 Å². The third-order valence-corrected chi connectivity index (χ3v) is 5.82. The molecule has 0 aromatic heterocycles. The van der Waals surface area contributed by atoms with E-state index in [4.69, 9.17) is 44.1 Å². The van der Waals surface area contributed by atoms with E-state index in [9.17, 15) is 9.59 Å². The van der Waals surface area contributed by atoms with Gasteiger partial charge in [0.1, 0.15) is 12.2 Å². The van der Waals surface area contributed by atoms with Gasteiger partial charge in [0.25, 0.3) is 6.45 Å². The molecule has 0 rings (SSSR count). The van der Waals surface area contributed by atoms with E-state index < -0.39 is 25.0 Å². The molecule has 0 fully saturated rings. The summed E-state index contributed by atoms with van der Waals surface area (Å²) in [5, 5.41) is 7.08. The van der Waals surface area contributed by atoms with E-state index in [1.807, 2.05) is 41.5 Å². The van der Waals surface area contributed by atoms with Crippen LogP contribution in [0.5, 0.6) is 0 Å². The minimum Gasteiger partial charge on any atom is -0.693 e. The van der Waals surface area contributed by atoms with Gasteiger partial charge in [0.15, 0.2) is 1.37 Å². The number of nitrogens with one attached hydrogen (secondary N) is 3. The normalized spacial score (nSPS) is 14.4. The van der Waals surface area contributed by atoms with Crippen LogP contribution in [0.2, 0.25) is 0 Å². The average Bonchev–Trinajstić information content (AvgIpc) is 2.59. The molecule has 0 aliphatic carbocycles. The zero-order valence-corrected chi connectivity index (χ0v) is 33.5. The summed E-state index contributed by atoms with van der Waals surface area (Å²) in [5.74, 6) is 0.429. The first kappa shape index (κ1) is 49.4. The molecule has 0 saturated heterocycles. The number of nitrogens with two attached hydrogens (primary N) is 1. The second-order valence-corrected chi connectivity index (χ2v) is 12.9. The van der Waals surface area contributed by atoms with E-state index >= 15 is 0 Å². The summed E-state index contributed by atoms with van der Waals surface area (Å²) < 4.78 is 21.4. The Balaban J connectivity index is -0.0000000843. The fourth-order valence-corrected chi connectivity index (χ4v) is 3.20. The van der Waals surface area contributed by atoms with Gasteiger partial charge in [-0.3, -0.25) is 14.4 Å². The number of rotatable bonds is 4. The van der Waals surface area contributed by atoms with Gasteiger partial charge in [0, 0.05) is 6.39 Å². The van der Waals surface area contributed by atoms with Crippen LogP contribution in [0.15, 0.2) is 0 Å². The Labute approximate surface area is 325 Å². The number of ether oxygens (including phenoxy) is 2. The van der Waals surface area contributed by atoms with E-state index in [-0.39, 0.29) is 155 Å². The van der Waals surface area contributed by atoms with Crippen LogP contribution in [0.3, 0.4) is 0 Å². The number of hydrogen-bond acceptors (Lipinski definition) is 6. The molecule has 0 aromatic rings. The minimum absolute atomic E-state index is 0. The third-order valence-electron chi connectivity index (χ3n) is 5.82. The van der Waals surface area contributed by atoms with Crippen molar-refractivity contribution in [2.45, 2.75) is 109 Å². The molecule has 0 bridgehead atoms. The molecule has 0 aliphatic heterocycles. The van der Waals surface area contributed by atoms with Crippen molar-refractivity contribution in [2.75, 3.05) is 0 Å². The third kappa shape index (κ3) is 31.5. The first-order valence-corrected chi connectivity index (χ1v) is 11.6. The molecule has 2 unspecified atom stereocenters. The van der Waals surface area contributed by atoms with Crippen molar-refractivity contribution in [1.82, 2.24) is 0 Å². The van der Waals surface area contributed by atoms with Crippen LogP contribution in [0.25, 0.3) is 23.4 Å². The number of carboxylic acid groups (broad SMARTS) is 1. The Morgan fingerprint density at radius 3 is 0.923 bits per heavy atom. The molecule has 6 N–H and O–H groups in total. The second kappa shape index (κ2) is 25.2. The largest absolute Gasteiger partial charge is 1.00 e. The fourth-order valence-electron chi connectivity index (χ4n) is 3.20. The summed E-state index contributed by atoms with van der Waals surface area (Å²) in [6.45, 7) is 29.0. The molecular formula is C26H54K2N4O7-2. The molecule has 39 heavy (non-hydrogen) atoms. The maximum absolute atomic E-state index is 10.8. The van der Waals surface area contributed by atoms with Crippen LogP contribution in [0.4, 0.5) is 9.59 Å². The van der Waals surface area contributed by atoms with E-state index in [0.29, 0.717) is 0 Å². The van der Waals surface area contributed by atoms with Crippen molar-refractivity contribution >= 4 is 25.0 Å². The molecule has 11 nitrogen and oxygen atoms in total. The molecular weight excluding hydrogens is 559 g/mol. The smallest absolute Gasteiger partial charge is 0.693 e. The number of carbonyl (C=O) groups is 4. The van der Waals surface area contributed by atoms with Gasteiger partial charge in [-0.05, 0) is 33.5 Å². The average molecular weight is 617 g/mol. The van der Waals surface area contributed by atoms with Gasteiger partial charge >= 0.3 is 103 Å². The van der Waals surface area contributed by atoms with E-state index in [0.717, 1.165) is 0 Å². The fraction of sp³-hybridized carbons (Fsp3) is 0.846. The van der Waals surface area contributed by atoms with Crippen LogP contribution in [0.1, 0.15) is 99.7 Å². The summed E-state index contributed by atoms with van der Waals surface area (Å²) in [5.41, 5.74) is 19.3. The molecule has 13 heteroatoms. The SMILES string of the molecule is C[C@H](C(OC([NH-])=O)C(C)(C)C)C(C)(C)C.C[C@H](C(OC([NH-])=O)C(C)(C)C)C(C)(C)C.[3H]C(=O)O.[3H]C([NH-])=O.[K+].[K+].[NH2-]. The Kier molecular flexibility index (Phi) is 32.0. The second-order valence-electron chi connectivity index (χ2n) is 12.9. The number of hydrogen-bond donors (Lipinski definition) is 1. The summed E-state index contributed by atoms with van der Waals surface area (Å²) in [4.78, 5) is 39.0. The molecule has 0 spiro atoms. The maximum Gasteiger partial charge on any atom is 1.00 e. The minimum atomic E-state index is -1.58. The molecule has 224 valence electrons. The van der Waals surface area contributed by atoms with Gasteiger partial charge in [-0.15, -0.1) is 0 Å². The van der Waals surface area contributed by atoms with Crippen molar-refractivity contribution < 1.29 is 139 Å². The summed E-state index contributed by atoms with van der Waals surface area (Å²) in [6.07, 6.45) is -5.23. The summed E-state index contributed by atoms with van der Waals surface area (Å²) in [7, 11) is 0. The predicted molar refractivity (Wildman–Crippen MR) is 150 cm³/mol. The standard InChI is InChI=1S/2C12H25NO2.CH3NO.CH2O2.2K.H2N/c2*1-8(11(2,3)4)9(12(5,6)7)15-10(13)14;2*2-1-3;;;/h2*8-9H,1-7H3,(H2,13,14);1H,(H2,2,3);1H,(H,2,3);;;1H2/q;;;;2*+1;-1/p-3/t2*8-,9?;;;;;/m11...../s1/i;;2*1T;;;. The number of carbonyl (C=O) groups excluding carboxylic acids is 3. The van der Waals surface area contributed by atoms with Crippen molar-refractivity contribution in [1.29, 1.82) is 0 Å². The van der Waals surface area contributed by atoms with Crippen LogP contribution < -0.4 is 103 Å². The topological polar surface area (TPSA) is 212 Å². The zero-order chi connectivity index (χ0) is 32.0. The van der Waals surface area contributed by atoms with Gasteiger partial charge < -0.3 is 42.7 Å². The maximum atomic E-state index is 10.8. The monoisotopic (exact) mass is 616 g/mol.